The predicted octanol–water partition coefficient (Wildman–Crippen LogP) is 3.33. The Balaban J connectivity index is 1.71. The number of benzene rings is 2. The summed E-state index contributed by atoms with van der Waals surface area (Å²) in [5, 5.41) is 5.33. The lowest BCUT2D eigenvalue weighted by Crippen LogP contribution is -2.22. The van der Waals surface area contributed by atoms with Crippen LogP contribution in [0.5, 0.6) is 0 Å². The first-order valence-electron chi connectivity index (χ1n) is 10.0. The zero-order valence-electron chi connectivity index (χ0n) is 17.6. The highest BCUT2D eigenvalue weighted by molar-refractivity contribution is 5.95. The monoisotopic (exact) mass is 426 g/mol. The Morgan fingerprint density at radius 1 is 0.806 bits per heavy atom. The summed E-state index contributed by atoms with van der Waals surface area (Å²) in [5.74, 6) is -1.93. The lowest BCUT2D eigenvalue weighted by atomic mass is 10.1. The van der Waals surface area contributed by atoms with Crippen LogP contribution in [0.2, 0.25) is 0 Å². The van der Waals surface area contributed by atoms with Crippen molar-refractivity contribution in [2.45, 2.75) is 33.1 Å². The molecule has 31 heavy (non-hydrogen) atoms. The second-order valence-electron chi connectivity index (χ2n) is 6.57. The molecular weight excluding hydrogens is 400 g/mol. The van der Waals surface area contributed by atoms with Crippen molar-refractivity contribution in [2.75, 3.05) is 23.8 Å². The van der Waals surface area contributed by atoms with E-state index >= 15 is 0 Å². The first kappa shape index (κ1) is 23.6. The van der Waals surface area contributed by atoms with E-state index in [0.29, 0.717) is 11.3 Å². The molecule has 0 saturated carbocycles. The van der Waals surface area contributed by atoms with Crippen LogP contribution in [-0.4, -0.2) is 37.0 Å². The minimum atomic E-state index is -0.647. The van der Waals surface area contributed by atoms with Gasteiger partial charge in [-0.25, -0.2) is 4.79 Å². The fourth-order valence-electron chi connectivity index (χ4n) is 2.70. The van der Waals surface area contributed by atoms with E-state index in [-0.39, 0.29) is 25.4 Å². The molecule has 0 saturated heterocycles. The minimum Gasteiger partial charge on any atom is -0.462 e. The Morgan fingerprint density at radius 2 is 1.52 bits per heavy atom. The van der Waals surface area contributed by atoms with Crippen molar-refractivity contribution in [1.82, 2.24) is 0 Å². The van der Waals surface area contributed by atoms with E-state index in [9.17, 15) is 19.2 Å². The van der Waals surface area contributed by atoms with E-state index in [1.54, 1.807) is 25.1 Å². The number of para-hydroxylation sites is 1. The van der Waals surface area contributed by atoms with E-state index in [4.69, 9.17) is 9.47 Å². The Kier molecular flexibility index (Phi) is 9.22. The summed E-state index contributed by atoms with van der Waals surface area (Å²) in [6.07, 6.45) is 0.592. The van der Waals surface area contributed by atoms with Crippen molar-refractivity contribution < 1.29 is 28.7 Å². The summed E-state index contributed by atoms with van der Waals surface area (Å²) in [6, 6.07) is 13.6. The van der Waals surface area contributed by atoms with E-state index in [1.807, 2.05) is 25.1 Å². The summed E-state index contributed by atoms with van der Waals surface area (Å²) < 4.78 is 9.80. The first-order valence-corrected chi connectivity index (χ1v) is 10.0. The fourth-order valence-corrected chi connectivity index (χ4v) is 2.70. The van der Waals surface area contributed by atoms with E-state index in [2.05, 4.69) is 10.6 Å². The first-order chi connectivity index (χ1) is 14.9. The summed E-state index contributed by atoms with van der Waals surface area (Å²) in [6.45, 7) is 3.50. The number of anilines is 2. The fraction of sp³-hybridized carbons (Fsp3) is 0.304. The molecule has 2 aromatic carbocycles. The van der Waals surface area contributed by atoms with Crippen molar-refractivity contribution in [3.05, 3.63) is 59.7 Å². The molecule has 0 spiro atoms. The van der Waals surface area contributed by atoms with Crippen LogP contribution in [0.1, 0.15) is 42.6 Å². The summed E-state index contributed by atoms with van der Waals surface area (Å²) in [4.78, 5) is 47.4. The van der Waals surface area contributed by atoms with Gasteiger partial charge in [0.05, 0.1) is 18.6 Å². The number of nitrogens with one attached hydrogen (secondary N) is 2. The van der Waals surface area contributed by atoms with Gasteiger partial charge in [-0.15, -0.1) is 0 Å². The van der Waals surface area contributed by atoms with Gasteiger partial charge in [0.15, 0.2) is 6.61 Å². The van der Waals surface area contributed by atoms with Crippen molar-refractivity contribution in [1.29, 1.82) is 0 Å². The van der Waals surface area contributed by atoms with Crippen LogP contribution < -0.4 is 10.6 Å². The highest BCUT2D eigenvalue weighted by atomic mass is 16.5. The molecule has 2 amide bonds. The van der Waals surface area contributed by atoms with Crippen molar-refractivity contribution in [3.63, 3.8) is 0 Å². The molecule has 8 nitrogen and oxygen atoms in total. The molecule has 8 heteroatoms. The number of ether oxygens (including phenoxy) is 2. The van der Waals surface area contributed by atoms with Gasteiger partial charge in [-0.05, 0) is 49.2 Å². The second kappa shape index (κ2) is 12.1. The van der Waals surface area contributed by atoms with Crippen molar-refractivity contribution >= 4 is 35.1 Å². The number of aryl methyl sites for hydroxylation is 1. The Hall–Kier alpha value is -3.68. The zero-order chi connectivity index (χ0) is 22.6. The van der Waals surface area contributed by atoms with Crippen LogP contribution in [0.4, 0.5) is 11.4 Å². The third kappa shape index (κ3) is 7.93. The average Bonchev–Trinajstić information content (AvgIpc) is 2.77. The van der Waals surface area contributed by atoms with Gasteiger partial charge in [-0.3, -0.25) is 14.4 Å². The molecule has 0 fully saturated rings. The summed E-state index contributed by atoms with van der Waals surface area (Å²) >= 11 is 0. The van der Waals surface area contributed by atoms with E-state index in [1.165, 1.54) is 12.1 Å². The smallest absolute Gasteiger partial charge is 0.338 e. The van der Waals surface area contributed by atoms with Gasteiger partial charge in [0.25, 0.3) is 5.91 Å². The quantitative estimate of drug-likeness (QED) is 0.564. The molecule has 0 heterocycles. The number of amides is 2. The highest BCUT2D eigenvalue weighted by Crippen LogP contribution is 2.16. The van der Waals surface area contributed by atoms with Gasteiger partial charge >= 0.3 is 11.9 Å². The largest absolute Gasteiger partial charge is 0.462 e. The maximum absolute atomic E-state index is 12.0. The van der Waals surface area contributed by atoms with Crippen LogP contribution in [0.25, 0.3) is 0 Å². The maximum Gasteiger partial charge on any atom is 0.338 e. The number of esters is 2. The Morgan fingerprint density at radius 3 is 2.19 bits per heavy atom. The Labute approximate surface area is 180 Å². The number of rotatable bonds is 10. The molecule has 2 aromatic rings. The topological polar surface area (TPSA) is 111 Å². The highest BCUT2D eigenvalue weighted by Gasteiger charge is 2.12. The molecule has 0 atom stereocenters. The normalized spacial score (nSPS) is 10.1. The van der Waals surface area contributed by atoms with Gasteiger partial charge in [0.2, 0.25) is 5.91 Å². The van der Waals surface area contributed by atoms with Crippen LogP contribution >= 0.6 is 0 Å². The standard InChI is InChI=1S/C23H26N2O6/c1-3-16-7-5-6-8-19(16)25-20(26)13-14-22(28)31-15-21(27)24-18-11-9-17(10-12-18)23(29)30-4-2/h5-12H,3-4,13-15H2,1-2H3,(H,24,27)(H,25,26). The summed E-state index contributed by atoms with van der Waals surface area (Å²) in [5.41, 5.74) is 2.54. The lowest BCUT2D eigenvalue weighted by Gasteiger charge is -2.10. The molecule has 0 aromatic heterocycles. The summed E-state index contributed by atoms with van der Waals surface area (Å²) in [7, 11) is 0. The molecule has 0 radical (unpaired) electrons. The number of hydrogen-bond acceptors (Lipinski definition) is 6. The number of carbonyl (C=O) groups is 4. The van der Waals surface area contributed by atoms with Crippen LogP contribution in [0, 0.1) is 0 Å². The Bertz CT molecular complexity index is 924. The molecule has 2 N–H and O–H groups in total. The minimum absolute atomic E-state index is 0.0478. The molecule has 0 bridgehead atoms. The molecular formula is C23H26N2O6. The predicted molar refractivity (Wildman–Crippen MR) is 116 cm³/mol. The lowest BCUT2D eigenvalue weighted by molar-refractivity contribution is -0.147. The molecule has 0 aliphatic rings. The van der Waals surface area contributed by atoms with Crippen LogP contribution in [0.3, 0.4) is 0 Å². The molecule has 2 rings (SSSR count). The molecule has 0 aliphatic heterocycles. The molecule has 0 aliphatic carbocycles. The zero-order valence-corrected chi connectivity index (χ0v) is 17.6. The SMILES string of the molecule is CCOC(=O)c1ccc(NC(=O)COC(=O)CCC(=O)Nc2ccccc2CC)cc1. The van der Waals surface area contributed by atoms with Gasteiger partial charge in [0, 0.05) is 17.8 Å². The van der Waals surface area contributed by atoms with E-state index in [0.717, 1.165) is 17.7 Å². The molecule has 164 valence electrons. The van der Waals surface area contributed by atoms with Gasteiger partial charge in [0.1, 0.15) is 0 Å². The molecule has 0 unspecified atom stereocenters. The number of carbonyl (C=O) groups excluding carboxylic acids is 4. The van der Waals surface area contributed by atoms with Crippen molar-refractivity contribution in [2.24, 2.45) is 0 Å². The number of hydrogen-bond donors (Lipinski definition) is 2. The average molecular weight is 426 g/mol. The third-order valence-corrected chi connectivity index (χ3v) is 4.27. The third-order valence-electron chi connectivity index (χ3n) is 4.27. The second-order valence-corrected chi connectivity index (χ2v) is 6.57. The van der Waals surface area contributed by atoms with Crippen LogP contribution in [0.15, 0.2) is 48.5 Å². The van der Waals surface area contributed by atoms with Gasteiger partial charge in [-0.2, -0.15) is 0 Å². The maximum atomic E-state index is 12.0. The van der Waals surface area contributed by atoms with Crippen LogP contribution in [-0.2, 0) is 30.3 Å². The van der Waals surface area contributed by atoms with Gasteiger partial charge < -0.3 is 20.1 Å². The van der Waals surface area contributed by atoms with E-state index < -0.39 is 24.5 Å². The van der Waals surface area contributed by atoms with Crippen molar-refractivity contribution in [3.8, 4) is 0 Å². The van der Waals surface area contributed by atoms with Gasteiger partial charge in [-0.1, -0.05) is 25.1 Å².